The summed E-state index contributed by atoms with van der Waals surface area (Å²) in [6, 6.07) is 7.31. The van der Waals surface area contributed by atoms with Crippen LogP contribution in [0.15, 0.2) is 35.3 Å². The van der Waals surface area contributed by atoms with E-state index in [4.69, 9.17) is 0 Å². The van der Waals surface area contributed by atoms with Gasteiger partial charge in [-0.05, 0) is 48.0 Å². The van der Waals surface area contributed by atoms with Crippen LogP contribution >= 0.6 is 0 Å². The Balaban J connectivity index is 1.99. The molecule has 0 saturated heterocycles. The minimum Gasteiger partial charge on any atom is -0.109 e. The highest BCUT2D eigenvalue weighted by molar-refractivity contribution is 6.32. The minimum atomic E-state index is 0.292. The number of fused-ring (bicyclic) bond motifs is 2. The zero-order valence-corrected chi connectivity index (χ0v) is 18.3. The maximum Gasteiger partial charge on any atom is 0.139 e. The first-order valence-corrected chi connectivity index (χ1v) is 11.6. The predicted octanol–water partition coefficient (Wildman–Crippen LogP) is 5.20. The predicted molar refractivity (Wildman–Crippen MR) is 127 cm³/mol. The van der Waals surface area contributed by atoms with E-state index >= 15 is 0 Å². The first-order valence-electron chi connectivity index (χ1n) is 11.6. The maximum absolute atomic E-state index is 2.59. The molecule has 27 heavy (non-hydrogen) atoms. The van der Waals surface area contributed by atoms with Crippen molar-refractivity contribution < 1.29 is 0 Å². The fraction of sp³-hybridized carbons (Fsp3) is 0.600. The van der Waals surface area contributed by atoms with Crippen molar-refractivity contribution in [3.63, 3.8) is 0 Å². The van der Waals surface area contributed by atoms with Gasteiger partial charge in [0, 0.05) is 5.41 Å². The lowest BCUT2D eigenvalue weighted by atomic mass is 9.67. The number of hydrogen-bond acceptors (Lipinski definition) is 0. The lowest BCUT2D eigenvalue weighted by Crippen LogP contribution is -2.28. The van der Waals surface area contributed by atoms with Gasteiger partial charge in [0.15, 0.2) is 0 Å². The van der Waals surface area contributed by atoms with Crippen LogP contribution in [0.4, 0.5) is 0 Å². The van der Waals surface area contributed by atoms with Crippen molar-refractivity contribution >= 4 is 26.7 Å². The molecule has 2 aliphatic carbocycles. The fourth-order valence-electron chi connectivity index (χ4n) is 5.40. The van der Waals surface area contributed by atoms with Crippen molar-refractivity contribution in [1.29, 1.82) is 0 Å². The first-order chi connectivity index (χ1) is 13.1. The molecule has 0 saturated carbocycles. The second kappa shape index (κ2) is 9.35. The van der Waals surface area contributed by atoms with Gasteiger partial charge in [-0.1, -0.05) is 95.0 Å². The summed E-state index contributed by atoms with van der Waals surface area (Å²) >= 11 is 0. The Labute approximate surface area is 169 Å². The second-order valence-electron chi connectivity index (χ2n) is 9.14. The Bertz CT molecular complexity index is 699. The molecule has 0 fully saturated rings. The van der Waals surface area contributed by atoms with Gasteiger partial charge in [-0.15, -0.1) is 5.47 Å². The third-order valence-electron chi connectivity index (χ3n) is 6.93. The summed E-state index contributed by atoms with van der Waals surface area (Å²) in [4.78, 5) is 0. The van der Waals surface area contributed by atoms with Gasteiger partial charge in [-0.3, -0.25) is 0 Å². The molecule has 1 aromatic rings. The van der Waals surface area contributed by atoms with Gasteiger partial charge in [0.05, 0.1) is 0 Å². The molecule has 3 rings (SSSR count). The van der Waals surface area contributed by atoms with Crippen molar-refractivity contribution in [3.05, 3.63) is 46.4 Å². The van der Waals surface area contributed by atoms with Crippen LogP contribution in [0.1, 0.15) is 102 Å². The quantitative estimate of drug-likeness (QED) is 0.397. The fourth-order valence-corrected chi connectivity index (χ4v) is 5.40. The van der Waals surface area contributed by atoms with Gasteiger partial charge in [0.1, 0.15) is 15.7 Å². The highest BCUT2D eigenvalue weighted by Crippen LogP contribution is 2.55. The molecule has 0 N–H and O–H groups in total. The minimum absolute atomic E-state index is 0.292. The smallest absolute Gasteiger partial charge is 0.109 e. The Hall–Kier alpha value is -1.17. The molecule has 0 aliphatic heterocycles. The summed E-state index contributed by atoms with van der Waals surface area (Å²) in [7, 11) is 4.62. The highest BCUT2D eigenvalue weighted by atomic mass is 14.5. The molecule has 0 atom stereocenters. The third-order valence-corrected chi connectivity index (χ3v) is 6.93. The number of rotatable bonds is 10. The topological polar surface area (TPSA) is 0 Å². The van der Waals surface area contributed by atoms with Gasteiger partial charge in [0.2, 0.25) is 0 Å². The van der Waals surface area contributed by atoms with E-state index in [1.54, 1.807) is 27.7 Å². The lowest BCUT2D eigenvalue weighted by molar-refractivity contribution is 0.397. The average Bonchev–Trinajstić information content (AvgIpc) is 2.92. The van der Waals surface area contributed by atoms with E-state index in [2.05, 4.69) is 53.8 Å². The largest absolute Gasteiger partial charge is 0.139 e. The van der Waals surface area contributed by atoms with Crippen LogP contribution in [0.5, 0.6) is 0 Å². The molecule has 2 heteroatoms. The molecule has 0 amide bonds. The summed E-state index contributed by atoms with van der Waals surface area (Å²) in [6.07, 6.45) is 18.7. The van der Waals surface area contributed by atoms with E-state index < -0.39 is 0 Å². The zero-order chi connectivity index (χ0) is 19.3. The molecule has 144 valence electrons. The second-order valence-corrected chi connectivity index (χ2v) is 9.14. The highest BCUT2D eigenvalue weighted by Gasteiger charge is 2.43. The molecule has 2 aliphatic rings. The van der Waals surface area contributed by atoms with Crippen LogP contribution in [0.3, 0.4) is 0 Å². The first kappa shape index (κ1) is 20.6. The monoisotopic (exact) mass is 360 g/mol. The molecule has 0 nitrogen and oxygen atoms in total. The summed E-state index contributed by atoms with van der Waals surface area (Å²) < 4.78 is 0. The number of hydrogen-bond donors (Lipinski definition) is 0. The Kier molecular flexibility index (Phi) is 7.12. The molecule has 0 radical (unpaired) electrons. The third kappa shape index (κ3) is 4.30. The molecule has 0 spiro atoms. The molecule has 0 unspecified atom stereocenters. The molecular formula is C25H38B2. The summed E-state index contributed by atoms with van der Waals surface area (Å²) in [5.41, 5.74) is 9.96. The molecular weight excluding hydrogens is 322 g/mol. The summed E-state index contributed by atoms with van der Waals surface area (Å²) in [6.45, 7) is 4.64. The van der Waals surface area contributed by atoms with Crippen molar-refractivity contribution in [2.45, 2.75) is 96.3 Å². The van der Waals surface area contributed by atoms with Gasteiger partial charge in [-0.25, -0.2) is 0 Å². The Morgan fingerprint density at radius 3 is 2.15 bits per heavy atom. The van der Waals surface area contributed by atoms with Gasteiger partial charge >= 0.3 is 0 Å². The van der Waals surface area contributed by atoms with Gasteiger partial charge < -0.3 is 0 Å². The van der Waals surface area contributed by atoms with Gasteiger partial charge in [-0.2, -0.15) is 0 Å². The number of allylic oxidation sites excluding steroid dienone is 4. The standard InChI is InChI=1S/C25H38B2/c1-3-5-7-9-15-25(16-10-8-6-4-2)23-17-19(26)11-13-21(23)22-14-12-20(27)18-24(22)25/h11,13,17-18H,3-10,12,14-16,26-27H2,1-2H3. The molecule has 0 bridgehead atoms. The van der Waals surface area contributed by atoms with Crippen LogP contribution in [0.25, 0.3) is 5.57 Å². The van der Waals surface area contributed by atoms with E-state index in [-0.39, 0.29) is 0 Å². The van der Waals surface area contributed by atoms with E-state index in [1.807, 2.05) is 0 Å². The van der Waals surface area contributed by atoms with Crippen LogP contribution in [0, 0.1) is 0 Å². The van der Waals surface area contributed by atoms with Crippen LogP contribution in [-0.4, -0.2) is 15.7 Å². The van der Waals surface area contributed by atoms with Crippen LogP contribution in [-0.2, 0) is 5.41 Å². The molecule has 0 aromatic heterocycles. The number of benzene rings is 1. The average molecular weight is 360 g/mol. The van der Waals surface area contributed by atoms with Crippen molar-refractivity contribution in [2.24, 2.45) is 0 Å². The van der Waals surface area contributed by atoms with E-state index in [0.29, 0.717) is 5.41 Å². The summed E-state index contributed by atoms with van der Waals surface area (Å²) in [5, 5.41) is 0. The van der Waals surface area contributed by atoms with Crippen LogP contribution < -0.4 is 5.46 Å². The normalized spacial score (nSPS) is 17.6. The molecule has 0 heterocycles. The van der Waals surface area contributed by atoms with Crippen molar-refractivity contribution in [1.82, 2.24) is 0 Å². The number of unbranched alkanes of at least 4 members (excludes halogenated alkanes) is 6. The summed E-state index contributed by atoms with van der Waals surface area (Å²) in [5.74, 6) is 0. The van der Waals surface area contributed by atoms with Crippen LogP contribution in [0.2, 0.25) is 0 Å². The van der Waals surface area contributed by atoms with E-state index in [9.17, 15) is 0 Å². The maximum atomic E-state index is 2.59. The van der Waals surface area contributed by atoms with Crippen molar-refractivity contribution in [2.75, 3.05) is 0 Å². The van der Waals surface area contributed by atoms with Crippen molar-refractivity contribution in [3.8, 4) is 0 Å². The van der Waals surface area contributed by atoms with E-state index in [1.165, 1.54) is 82.5 Å². The lowest BCUT2D eigenvalue weighted by Gasteiger charge is -2.35. The van der Waals surface area contributed by atoms with Gasteiger partial charge in [0.25, 0.3) is 0 Å². The SMILES string of the molecule is BC1=CC2=C(CC1)c1ccc(B)cc1C2(CCCCCC)CCCCCC. The van der Waals surface area contributed by atoms with E-state index in [0.717, 1.165) is 0 Å². The Morgan fingerprint density at radius 1 is 0.852 bits per heavy atom. The zero-order valence-electron chi connectivity index (χ0n) is 18.3. The Morgan fingerprint density at radius 2 is 1.52 bits per heavy atom. The molecule has 1 aromatic carbocycles.